The lowest BCUT2D eigenvalue weighted by atomic mass is 10.3. The summed E-state index contributed by atoms with van der Waals surface area (Å²) in [5.74, 6) is 1.51. The molecule has 0 amide bonds. The number of hydrogen-bond donors (Lipinski definition) is 0. The van der Waals surface area contributed by atoms with Gasteiger partial charge in [-0.3, -0.25) is 0 Å². The van der Waals surface area contributed by atoms with E-state index >= 15 is 0 Å². The van der Waals surface area contributed by atoms with E-state index in [1.165, 1.54) is 0 Å². The minimum absolute atomic E-state index is 0.393. The van der Waals surface area contributed by atoms with Gasteiger partial charge >= 0.3 is 0 Å². The largest absolute Gasteiger partial charge is 0.352 e. The molecule has 1 heterocycles. The first-order valence-electron chi connectivity index (χ1n) is 4.77. The molecule has 0 aliphatic heterocycles. The molecular formula is C10H16ClN3. The molecule has 1 aromatic heterocycles. The Morgan fingerprint density at radius 3 is 2.71 bits per heavy atom. The van der Waals surface area contributed by atoms with E-state index in [0.29, 0.717) is 11.9 Å². The average molecular weight is 214 g/mol. The Morgan fingerprint density at radius 2 is 2.21 bits per heavy atom. The van der Waals surface area contributed by atoms with Crippen molar-refractivity contribution in [2.45, 2.75) is 26.8 Å². The zero-order chi connectivity index (χ0) is 10.6. The highest BCUT2D eigenvalue weighted by Gasteiger charge is 2.11. The number of anilines is 1. The minimum atomic E-state index is 0.393. The fraction of sp³-hybridized carbons (Fsp3) is 0.600. The molecule has 0 aliphatic carbocycles. The number of alkyl halides is 1. The van der Waals surface area contributed by atoms with E-state index in [2.05, 4.69) is 28.9 Å². The number of halogens is 1. The maximum absolute atomic E-state index is 5.74. The molecule has 0 aliphatic rings. The summed E-state index contributed by atoms with van der Waals surface area (Å²) in [4.78, 5) is 2.15. The van der Waals surface area contributed by atoms with E-state index in [1.54, 1.807) is 6.20 Å². The summed E-state index contributed by atoms with van der Waals surface area (Å²) in [7, 11) is 0. The van der Waals surface area contributed by atoms with Gasteiger partial charge in [-0.25, -0.2) is 0 Å². The van der Waals surface area contributed by atoms with Crippen molar-refractivity contribution in [2.75, 3.05) is 17.3 Å². The van der Waals surface area contributed by atoms with Gasteiger partial charge in [-0.15, -0.1) is 16.7 Å². The van der Waals surface area contributed by atoms with Gasteiger partial charge in [0.25, 0.3) is 0 Å². The molecule has 3 nitrogen and oxygen atoms in total. The van der Waals surface area contributed by atoms with Crippen LogP contribution in [0.25, 0.3) is 0 Å². The maximum Gasteiger partial charge on any atom is 0.151 e. The van der Waals surface area contributed by atoms with Crippen LogP contribution in [0.15, 0.2) is 12.3 Å². The Bertz CT molecular complexity index is 288. The van der Waals surface area contributed by atoms with Crippen LogP contribution in [0.5, 0.6) is 0 Å². The van der Waals surface area contributed by atoms with Crippen molar-refractivity contribution in [3.05, 3.63) is 17.8 Å². The van der Waals surface area contributed by atoms with Crippen LogP contribution in [0.2, 0.25) is 0 Å². The van der Waals surface area contributed by atoms with Gasteiger partial charge in [0.2, 0.25) is 0 Å². The molecule has 4 heteroatoms. The fourth-order valence-corrected chi connectivity index (χ4v) is 1.50. The van der Waals surface area contributed by atoms with Crippen molar-refractivity contribution in [1.82, 2.24) is 10.2 Å². The number of hydrogen-bond acceptors (Lipinski definition) is 3. The lowest BCUT2D eigenvalue weighted by Gasteiger charge is -2.26. The van der Waals surface area contributed by atoms with Crippen molar-refractivity contribution < 1.29 is 0 Å². The second-order valence-corrected chi connectivity index (χ2v) is 3.95. The molecule has 14 heavy (non-hydrogen) atoms. The van der Waals surface area contributed by atoms with Gasteiger partial charge in [-0.2, -0.15) is 5.10 Å². The summed E-state index contributed by atoms with van der Waals surface area (Å²) in [5.41, 5.74) is 1.12. The quantitative estimate of drug-likeness (QED) is 0.719. The first-order chi connectivity index (χ1) is 6.65. The van der Waals surface area contributed by atoms with Gasteiger partial charge in [0.15, 0.2) is 5.82 Å². The SMILES string of the molecule is Cc1cnnc(N(CCCl)C(C)C)c1. The van der Waals surface area contributed by atoms with Crippen molar-refractivity contribution in [3.63, 3.8) is 0 Å². The standard InChI is InChI=1S/C10H16ClN3/c1-8(2)14(5-4-11)10-6-9(3)7-12-13-10/h6-8H,4-5H2,1-3H3. The van der Waals surface area contributed by atoms with Crippen LogP contribution in [0.4, 0.5) is 5.82 Å². The molecule has 1 rings (SSSR count). The molecule has 0 unspecified atom stereocenters. The summed E-state index contributed by atoms with van der Waals surface area (Å²) in [6.07, 6.45) is 1.75. The Hall–Kier alpha value is -0.830. The van der Waals surface area contributed by atoms with Crippen LogP contribution >= 0.6 is 11.6 Å². The van der Waals surface area contributed by atoms with Gasteiger partial charge in [0, 0.05) is 18.5 Å². The summed E-state index contributed by atoms with van der Waals surface area (Å²) in [5, 5.41) is 8.03. The second-order valence-electron chi connectivity index (χ2n) is 3.57. The van der Waals surface area contributed by atoms with Crippen molar-refractivity contribution in [2.24, 2.45) is 0 Å². The molecule has 0 radical (unpaired) electrons. The molecule has 1 aromatic rings. The first-order valence-corrected chi connectivity index (χ1v) is 5.30. The molecule has 0 atom stereocenters. The highest BCUT2D eigenvalue weighted by Crippen LogP contribution is 2.13. The Kier molecular flexibility index (Phi) is 4.14. The van der Waals surface area contributed by atoms with Crippen molar-refractivity contribution in [3.8, 4) is 0 Å². The molecule has 0 N–H and O–H groups in total. The van der Waals surface area contributed by atoms with Crippen LogP contribution < -0.4 is 4.90 Å². The van der Waals surface area contributed by atoms with Crippen molar-refractivity contribution >= 4 is 17.4 Å². The number of aromatic nitrogens is 2. The van der Waals surface area contributed by atoms with Crippen LogP contribution in [-0.2, 0) is 0 Å². The van der Waals surface area contributed by atoms with E-state index in [-0.39, 0.29) is 0 Å². The van der Waals surface area contributed by atoms with Gasteiger partial charge in [0.05, 0.1) is 6.20 Å². The number of rotatable bonds is 4. The van der Waals surface area contributed by atoms with E-state index in [1.807, 2.05) is 13.0 Å². The highest BCUT2D eigenvalue weighted by atomic mass is 35.5. The van der Waals surface area contributed by atoms with Crippen LogP contribution in [-0.4, -0.2) is 28.7 Å². The normalized spacial score (nSPS) is 10.6. The summed E-state index contributed by atoms with van der Waals surface area (Å²) in [6, 6.07) is 2.42. The minimum Gasteiger partial charge on any atom is -0.352 e. The molecule has 0 saturated carbocycles. The molecule has 0 spiro atoms. The highest BCUT2D eigenvalue weighted by molar-refractivity contribution is 6.18. The molecule has 0 saturated heterocycles. The van der Waals surface area contributed by atoms with Crippen LogP contribution in [0.1, 0.15) is 19.4 Å². The van der Waals surface area contributed by atoms with E-state index in [9.17, 15) is 0 Å². The van der Waals surface area contributed by atoms with Crippen LogP contribution in [0, 0.1) is 6.92 Å². The van der Waals surface area contributed by atoms with Gasteiger partial charge in [0.1, 0.15) is 0 Å². The monoisotopic (exact) mass is 213 g/mol. The molecule has 0 bridgehead atoms. The average Bonchev–Trinajstić information content (AvgIpc) is 2.13. The third-order valence-electron chi connectivity index (χ3n) is 2.02. The molecular weight excluding hydrogens is 198 g/mol. The van der Waals surface area contributed by atoms with Crippen LogP contribution in [0.3, 0.4) is 0 Å². The second kappa shape index (κ2) is 5.15. The summed E-state index contributed by atoms with van der Waals surface area (Å²) >= 11 is 5.74. The van der Waals surface area contributed by atoms with E-state index in [0.717, 1.165) is 17.9 Å². The fourth-order valence-electron chi connectivity index (χ4n) is 1.32. The predicted octanol–water partition coefficient (Wildman–Crippen LogP) is 2.24. The molecule has 0 fully saturated rings. The Labute approximate surface area is 90.1 Å². The Morgan fingerprint density at radius 1 is 1.50 bits per heavy atom. The number of nitrogens with zero attached hydrogens (tertiary/aromatic N) is 3. The van der Waals surface area contributed by atoms with Gasteiger partial charge < -0.3 is 4.90 Å². The third kappa shape index (κ3) is 2.84. The lowest BCUT2D eigenvalue weighted by molar-refractivity contribution is 0.687. The third-order valence-corrected chi connectivity index (χ3v) is 2.19. The molecule has 78 valence electrons. The van der Waals surface area contributed by atoms with Crippen molar-refractivity contribution in [1.29, 1.82) is 0 Å². The predicted molar refractivity (Wildman–Crippen MR) is 60.0 cm³/mol. The summed E-state index contributed by atoms with van der Waals surface area (Å²) < 4.78 is 0. The topological polar surface area (TPSA) is 29.0 Å². The molecule has 0 aromatic carbocycles. The number of aryl methyl sites for hydroxylation is 1. The first kappa shape index (κ1) is 11.2. The zero-order valence-electron chi connectivity index (χ0n) is 8.87. The van der Waals surface area contributed by atoms with Gasteiger partial charge in [-0.05, 0) is 32.4 Å². The summed E-state index contributed by atoms with van der Waals surface area (Å²) in [6.45, 7) is 7.06. The maximum atomic E-state index is 5.74. The Balaban J connectivity index is 2.87. The van der Waals surface area contributed by atoms with Gasteiger partial charge in [-0.1, -0.05) is 0 Å². The smallest absolute Gasteiger partial charge is 0.151 e. The lowest BCUT2D eigenvalue weighted by Crippen LogP contribution is -2.33. The zero-order valence-corrected chi connectivity index (χ0v) is 9.62. The van der Waals surface area contributed by atoms with E-state index in [4.69, 9.17) is 11.6 Å². The van der Waals surface area contributed by atoms with E-state index < -0.39 is 0 Å².